The third-order valence-electron chi connectivity index (χ3n) is 2.84. The van der Waals surface area contributed by atoms with E-state index in [9.17, 15) is 26.0 Å². The van der Waals surface area contributed by atoms with Gasteiger partial charge in [-0.25, -0.2) is 4.39 Å². The van der Waals surface area contributed by atoms with Gasteiger partial charge in [-0.2, -0.15) is 26.9 Å². The van der Waals surface area contributed by atoms with Gasteiger partial charge in [0, 0.05) is 0 Å². The molecule has 0 heterocycles. The van der Waals surface area contributed by atoms with Crippen molar-refractivity contribution in [2.45, 2.75) is 11.1 Å². The third kappa shape index (κ3) is 4.70. The second kappa shape index (κ2) is 7.40. The summed E-state index contributed by atoms with van der Waals surface area (Å²) in [5.41, 5.74) is 1.28. The van der Waals surface area contributed by atoms with E-state index in [1.807, 2.05) is 5.43 Å². The Labute approximate surface area is 145 Å². The second-order valence-corrected chi connectivity index (χ2v) is 6.23. The fraction of sp³-hybridized carbons (Fsp3) is 0.0667. The quantitative estimate of drug-likeness (QED) is 0.285. The van der Waals surface area contributed by atoms with E-state index >= 15 is 0 Å². The number of nitriles is 1. The van der Waals surface area contributed by atoms with Crippen LogP contribution in [0.15, 0.2) is 58.5 Å². The lowest BCUT2D eigenvalue weighted by atomic mass is 10.2. The molecule has 0 radical (unpaired) electrons. The highest BCUT2D eigenvalue weighted by molar-refractivity contribution is 7.87. The highest BCUT2D eigenvalue weighted by Crippen LogP contribution is 2.23. The van der Waals surface area contributed by atoms with Crippen LogP contribution in [0.1, 0.15) is 5.56 Å². The van der Waals surface area contributed by atoms with Crippen LogP contribution in [0.4, 0.5) is 23.2 Å². The third-order valence-corrected chi connectivity index (χ3v) is 4.06. The summed E-state index contributed by atoms with van der Waals surface area (Å²) in [6.07, 6.45) is -5.23. The Balaban J connectivity index is 2.31. The number of hydrogen-bond donors (Lipinski definition) is 1. The lowest BCUT2D eigenvalue weighted by Gasteiger charge is -2.12. The van der Waals surface area contributed by atoms with Crippen LogP contribution in [0.2, 0.25) is 0 Å². The average molecular weight is 387 g/mol. The van der Waals surface area contributed by atoms with Gasteiger partial charge in [0.1, 0.15) is 16.8 Å². The van der Waals surface area contributed by atoms with E-state index in [1.54, 1.807) is 0 Å². The zero-order valence-corrected chi connectivity index (χ0v) is 13.5. The van der Waals surface area contributed by atoms with E-state index in [0.29, 0.717) is 0 Å². The number of alkyl halides is 3. The number of nitrogens with zero attached hydrogens (tertiary/aromatic N) is 2. The van der Waals surface area contributed by atoms with Crippen molar-refractivity contribution in [2.24, 2.45) is 5.10 Å². The van der Waals surface area contributed by atoms with Crippen LogP contribution in [0.3, 0.4) is 0 Å². The molecule has 11 heteroatoms. The molecule has 0 spiro atoms. The predicted octanol–water partition coefficient (Wildman–Crippen LogP) is 3.39. The Morgan fingerprint density at radius 3 is 2.38 bits per heavy atom. The van der Waals surface area contributed by atoms with Crippen molar-refractivity contribution in [3.63, 3.8) is 0 Å². The van der Waals surface area contributed by atoms with E-state index in [2.05, 4.69) is 9.28 Å². The molecule has 26 heavy (non-hydrogen) atoms. The minimum Gasteiger partial charge on any atom is -0.351 e. The first-order chi connectivity index (χ1) is 12.1. The molecule has 0 unspecified atom stereocenters. The first-order valence-electron chi connectivity index (χ1n) is 6.73. The molecule has 2 aromatic rings. The Bertz CT molecular complexity index is 968. The smallest absolute Gasteiger partial charge is 0.351 e. The molecule has 0 aliphatic rings. The molecule has 0 fully saturated rings. The molecule has 0 aliphatic heterocycles. The molecule has 136 valence electrons. The lowest BCUT2D eigenvalue weighted by Crippen LogP contribution is -2.29. The number of halogens is 4. The second-order valence-electron chi connectivity index (χ2n) is 4.68. The fourth-order valence-corrected chi connectivity index (χ4v) is 2.59. The first kappa shape index (κ1) is 19.2. The van der Waals surface area contributed by atoms with Crippen molar-refractivity contribution in [1.29, 1.82) is 5.26 Å². The molecule has 0 saturated carbocycles. The monoisotopic (exact) mass is 387 g/mol. The Morgan fingerprint density at radius 2 is 1.81 bits per heavy atom. The summed E-state index contributed by atoms with van der Waals surface area (Å²) >= 11 is 0. The van der Waals surface area contributed by atoms with Gasteiger partial charge in [0.2, 0.25) is 0 Å². The summed E-state index contributed by atoms with van der Waals surface area (Å²) in [6, 6.07) is 10.4. The molecule has 0 bridgehead atoms. The van der Waals surface area contributed by atoms with E-state index in [1.165, 1.54) is 24.3 Å². The van der Waals surface area contributed by atoms with Gasteiger partial charge in [-0.05, 0) is 30.3 Å². The van der Waals surface area contributed by atoms with E-state index in [-0.39, 0.29) is 5.69 Å². The lowest BCUT2D eigenvalue weighted by molar-refractivity contribution is -0.0707. The summed E-state index contributed by atoms with van der Waals surface area (Å²) in [6.45, 7) is 0. The van der Waals surface area contributed by atoms with Crippen LogP contribution in [0, 0.1) is 17.1 Å². The molecular formula is C15H9F4N3O3S. The van der Waals surface area contributed by atoms with Gasteiger partial charge >= 0.3 is 22.2 Å². The van der Waals surface area contributed by atoms with Crippen LogP contribution < -0.4 is 5.43 Å². The Kier molecular flexibility index (Phi) is 5.47. The molecule has 2 aromatic carbocycles. The Hall–Kier alpha value is -3.13. The Morgan fingerprint density at radius 1 is 1.15 bits per heavy atom. The predicted molar refractivity (Wildman–Crippen MR) is 82.9 cm³/mol. The van der Waals surface area contributed by atoms with Crippen LogP contribution in [0.25, 0.3) is 0 Å². The van der Waals surface area contributed by atoms with Crippen LogP contribution >= 0.6 is 0 Å². The van der Waals surface area contributed by atoms with Gasteiger partial charge in [-0.1, -0.05) is 18.2 Å². The maximum Gasteiger partial charge on any atom is 0.471 e. The van der Waals surface area contributed by atoms with Gasteiger partial charge in [-0.15, -0.1) is 5.10 Å². The van der Waals surface area contributed by atoms with Crippen LogP contribution in [-0.2, 0) is 14.3 Å². The molecule has 0 aromatic heterocycles. The zero-order chi connectivity index (χ0) is 19.4. The zero-order valence-electron chi connectivity index (χ0n) is 12.7. The molecule has 1 N–H and O–H groups in total. The van der Waals surface area contributed by atoms with Crippen molar-refractivity contribution in [2.75, 3.05) is 5.43 Å². The number of nitrogens with one attached hydrogen (secondary N) is 1. The topological polar surface area (TPSA) is 91.5 Å². The standard InChI is InChI=1S/C15H9F4N3O3S/c16-13-7-6-11(8-10(13)9-20)21-22-14(15(17,18)19)25-26(23,24)12-4-2-1-3-5-12/h1-8,21H. The molecule has 0 saturated heterocycles. The summed E-state index contributed by atoms with van der Waals surface area (Å²) < 4.78 is 80.1. The summed E-state index contributed by atoms with van der Waals surface area (Å²) in [7, 11) is -4.77. The number of benzene rings is 2. The molecule has 0 atom stereocenters. The van der Waals surface area contributed by atoms with Gasteiger partial charge in [0.05, 0.1) is 11.3 Å². The van der Waals surface area contributed by atoms with Crippen molar-refractivity contribution < 1.29 is 30.2 Å². The van der Waals surface area contributed by atoms with E-state index in [0.717, 1.165) is 30.3 Å². The molecule has 0 aliphatic carbocycles. The van der Waals surface area contributed by atoms with Crippen LogP contribution in [-0.4, -0.2) is 20.5 Å². The number of anilines is 1. The normalized spacial score (nSPS) is 12.3. The van der Waals surface area contributed by atoms with Crippen LogP contribution in [0.5, 0.6) is 0 Å². The maximum atomic E-state index is 13.2. The minimum atomic E-state index is -5.23. The first-order valence-corrected chi connectivity index (χ1v) is 8.14. The van der Waals surface area contributed by atoms with Crippen molar-refractivity contribution >= 4 is 21.7 Å². The molecular weight excluding hydrogens is 378 g/mol. The molecule has 2 rings (SSSR count). The van der Waals surface area contributed by atoms with E-state index in [4.69, 9.17) is 5.26 Å². The highest BCUT2D eigenvalue weighted by Gasteiger charge is 2.42. The summed E-state index contributed by atoms with van der Waals surface area (Å²) in [5, 5.41) is 11.6. The van der Waals surface area contributed by atoms with Gasteiger partial charge in [0.25, 0.3) is 0 Å². The van der Waals surface area contributed by atoms with Crippen molar-refractivity contribution in [3.05, 3.63) is 59.9 Å². The summed E-state index contributed by atoms with van der Waals surface area (Å²) in [4.78, 5) is -0.495. The van der Waals surface area contributed by atoms with Gasteiger partial charge in [0.15, 0.2) is 0 Å². The molecule has 0 amide bonds. The molecule has 6 nitrogen and oxygen atoms in total. The number of hydrogen-bond acceptors (Lipinski definition) is 6. The SMILES string of the molecule is N#Cc1cc(NN=C(OS(=O)(=O)c2ccccc2)C(F)(F)F)ccc1F. The highest BCUT2D eigenvalue weighted by atomic mass is 32.2. The average Bonchev–Trinajstić information content (AvgIpc) is 2.59. The van der Waals surface area contributed by atoms with Crippen molar-refractivity contribution in [3.8, 4) is 6.07 Å². The number of hydrazone groups is 1. The maximum absolute atomic E-state index is 13.2. The number of rotatable bonds is 4. The minimum absolute atomic E-state index is 0.176. The van der Waals surface area contributed by atoms with E-state index < -0.39 is 38.5 Å². The van der Waals surface area contributed by atoms with Crippen molar-refractivity contribution in [1.82, 2.24) is 0 Å². The van der Waals surface area contributed by atoms with Gasteiger partial charge in [-0.3, -0.25) is 5.43 Å². The fourth-order valence-electron chi connectivity index (χ4n) is 1.66. The van der Waals surface area contributed by atoms with Gasteiger partial charge < -0.3 is 4.18 Å². The largest absolute Gasteiger partial charge is 0.471 e. The summed E-state index contributed by atoms with van der Waals surface area (Å²) in [5.74, 6) is -2.95.